The first-order valence-corrected chi connectivity index (χ1v) is 7.65. The first-order chi connectivity index (χ1) is 11.7. The van der Waals surface area contributed by atoms with Crippen LogP contribution in [0.5, 0.6) is 0 Å². The molecular weight excluding hydrogens is 378 g/mol. The molecule has 1 heterocycles. The molecule has 2 aromatic carbocycles. The Balaban J connectivity index is 1.96. The number of esters is 1. The molecule has 0 spiro atoms. The zero-order valence-electron chi connectivity index (χ0n) is 12.3. The van der Waals surface area contributed by atoms with E-state index >= 15 is 0 Å². The van der Waals surface area contributed by atoms with Crippen molar-refractivity contribution in [3.05, 3.63) is 74.9 Å². The lowest BCUT2D eigenvalue weighted by Gasteiger charge is -2.06. The molecule has 8 heteroatoms. The van der Waals surface area contributed by atoms with E-state index in [9.17, 15) is 18.0 Å². The third-order valence-electron chi connectivity index (χ3n) is 3.30. The Morgan fingerprint density at radius 2 is 1.84 bits per heavy atom. The van der Waals surface area contributed by atoms with Crippen molar-refractivity contribution in [2.75, 3.05) is 0 Å². The van der Waals surface area contributed by atoms with Crippen molar-refractivity contribution in [2.24, 2.45) is 4.99 Å². The van der Waals surface area contributed by atoms with Crippen molar-refractivity contribution in [2.45, 2.75) is 6.18 Å². The fourth-order valence-electron chi connectivity index (χ4n) is 2.15. The van der Waals surface area contributed by atoms with Crippen molar-refractivity contribution in [1.29, 1.82) is 0 Å². The van der Waals surface area contributed by atoms with Crippen LogP contribution in [-0.4, -0.2) is 11.9 Å². The molecule has 0 amide bonds. The van der Waals surface area contributed by atoms with Crippen molar-refractivity contribution in [3.63, 3.8) is 0 Å². The number of ether oxygens (including phenoxy) is 1. The molecule has 0 atom stereocenters. The number of benzene rings is 2. The maximum atomic E-state index is 12.8. The first kappa shape index (κ1) is 17.5. The fourth-order valence-corrected chi connectivity index (χ4v) is 2.64. The Labute approximate surface area is 150 Å². The van der Waals surface area contributed by atoms with Crippen LogP contribution in [0.3, 0.4) is 0 Å². The minimum atomic E-state index is -4.48. The van der Waals surface area contributed by atoms with E-state index in [1.54, 1.807) is 6.07 Å². The molecule has 25 heavy (non-hydrogen) atoms. The molecule has 0 aliphatic carbocycles. The second-order valence-electron chi connectivity index (χ2n) is 5.08. The largest absolute Gasteiger partial charge is 0.416 e. The molecule has 3 nitrogen and oxygen atoms in total. The Kier molecular flexibility index (Phi) is 4.58. The Morgan fingerprint density at radius 1 is 1.08 bits per heavy atom. The quantitative estimate of drug-likeness (QED) is 0.515. The highest BCUT2D eigenvalue weighted by Gasteiger charge is 2.30. The molecule has 2 aromatic rings. The van der Waals surface area contributed by atoms with Gasteiger partial charge < -0.3 is 4.74 Å². The second kappa shape index (κ2) is 6.54. The third-order valence-corrected chi connectivity index (χ3v) is 3.85. The van der Waals surface area contributed by atoms with E-state index in [1.807, 2.05) is 0 Å². The number of carbonyl (C=O) groups is 1. The highest BCUT2D eigenvalue weighted by atomic mass is 35.5. The maximum Gasteiger partial charge on any atom is 0.416 e. The number of hydrogen-bond donors (Lipinski definition) is 0. The maximum absolute atomic E-state index is 12.8. The fraction of sp³-hybridized carbons (Fsp3) is 0.0588. The number of carbonyl (C=O) groups excluding carboxylic acids is 1. The second-order valence-corrected chi connectivity index (χ2v) is 5.93. The summed E-state index contributed by atoms with van der Waals surface area (Å²) >= 11 is 11.8. The summed E-state index contributed by atoms with van der Waals surface area (Å²) in [5.74, 6) is -0.816. The average Bonchev–Trinajstić information content (AvgIpc) is 2.87. The standard InChI is InChI=1S/C17H8Cl2F3NO2/c18-11-4-5-12(13(19)8-11)15-23-14(16(24)25-15)7-9-2-1-3-10(6-9)17(20,21)22/h1-8H/b14-7-. The number of halogens is 5. The summed E-state index contributed by atoms with van der Waals surface area (Å²) in [5, 5.41) is 0.637. The molecule has 0 saturated heterocycles. The van der Waals surface area contributed by atoms with Crippen LogP contribution in [0.25, 0.3) is 6.08 Å². The van der Waals surface area contributed by atoms with E-state index in [1.165, 1.54) is 30.3 Å². The zero-order valence-corrected chi connectivity index (χ0v) is 13.8. The van der Waals surface area contributed by atoms with Gasteiger partial charge in [0.15, 0.2) is 5.70 Å². The summed E-state index contributed by atoms with van der Waals surface area (Å²) in [7, 11) is 0. The lowest BCUT2D eigenvalue weighted by atomic mass is 10.1. The summed E-state index contributed by atoms with van der Waals surface area (Å²) in [6.07, 6.45) is -3.26. The van der Waals surface area contributed by atoms with Crippen LogP contribution in [-0.2, 0) is 15.7 Å². The number of alkyl halides is 3. The van der Waals surface area contributed by atoms with E-state index in [0.29, 0.717) is 10.6 Å². The van der Waals surface area contributed by atoms with E-state index in [2.05, 4.69) is 4.99 Å². The molecule has 1 aliphatic heterocycles. The van der Waals surface area contributed by atoms with Crippen LogP contribution in [0.2, 0.25) is 10.0 Å². The topological polar surface area (TPSA) is 38.7 Å². The molecule has 0 aromatic heterocycles. The minimum Gasteiger partial charge on any atom is -0.402 e. The Hall–Kier alpha value is -2.31. The van der Waals surface area contributed by atoms with E-state index in [4.69, 9.17) is 27.9 Å². The first-order valence-electron chi connectivity index (χ1n) is 6.89. The highest BCUT2D eigenvalue weighted by molar-refractivity contribution is 6.37. The van der Waals surface area contributed by atoms with E-state index < -0.39 is 17.7 Å². The molecule has 0 N–H and O–H groups in total. The lowest BCUT2D eigenvalue weighted by molar-refractivity contribution is -0.137. The van der Waals surface area contributed by atoms with Gasteiger partial charge in [0.1, 0.15) is 0 Å². The minimum absolute atomic E-state index is 0.0371. The monoisotopic (exact) mass is 385 g/mol. The van der Waals surface area contributed by atoms with Gasteiger partial charge in [-0.05, 0) is 42.0 Å². The average molecular weight is 386 g/mol. The van der Waals surface area contributed by atoms with Gasteiger partial charge in [-0.25, -0.2) is 9.79 Å². The lowest BCUT2D eigenvalue weighted by Crippen LogP contribution is -2.06. The summed E-state index contributed by atoms with van der Waals surface area (Å²) in [6.45, 7) is 0. The molecular formula is C17H8Cl2F3NO2. The van der Waals surface area contributed by atoms with Crippen LogP contribution in [0.4, 0.5) is 13.2 Å². The van der Waals surface area contributed by atoms with Gasteiger partial charge in [-0.1, -0.05) is 35.3 Å². The number of hydrogen-bond acceptors (Lipinski definition) is 3. The van der Waals surface area contributed by atoms with Crippen molar-refractivity contribution >= 4 is 41.1 Å². The molecule has 3 rings (SSSR count). The van der Waals surface area contributed by atoms with Crippen molar-refractivity contribution in [1.82, 2.24) is 0 Å². The normalized spacial score (nSPS) is 16.1. The van der Waals surface area contributed by atoms with Gasteiger partial charge in [0.2, 0.25) is 5.90 Å². The predicted octanol–water partition coefficient (Wildman–Crippen LogP) is 5.36. The summed E-state index contributed by atoms with van der Waals surface area (Å²) in [4.78, 5) is 15.9. The number of aliphatic imine (C=N–C) groups is 1. The number of cyclic esters (lactones) is 1. The van der Waals surface area contributed by atoms with Gasteiger partial charge in [0, 0.05) is 5.02 Å². The number of rotatable bonds is 2. The molecule has 128 valence electrons. The van der Waals surface area contributed by atoms with Crippen LogP contribution in [0, 0.1) is 0 Å². The van der Waals surface area contributed by atoms with Gasteiger partial charge in [0.25, 0.3) is 0 Å². The van der Waals surface area contributed by atoms with Crippen LogP contribution >= 0.6 is 23.2 Å². The zero-order chi connectivity index (χ0) is 18.2. The van der Waals surface area contributed by atoms with E-state index in [0.717, 1.165) is 12.1 Å². The Morgan fingerprint density at radius 3 is 2.52 bits per heavy atom. The van der Waals surface area contributed by atoms with Crippen molar-refractivity contribution in [3.8, 4) is 0 Å². The van der Waals surface area contributed by atoms with Gasteiger partial charge in [-0.15, -0.1) is 0 Å². The van der Waals surface area contributed by atoms with Crippen LogP contribution in [0.1, 0.15) is 16.7 Å². The van der Waals surface area contributed by atoms with Crippen molar-refractivity contribution < 1.29 is 22.7 Å². The van der Waals surface area contributed by atoms with Gasteiger partial charge in [0.05, 0.1) is 16.1 Å². The highest BCUT2D eigenvalue weighted by Crippen LogP contribution is 2.31. The number of nitrogens with zero attached hydrogens (tertiary/aromatic N) is 1. The smallest absolute Gasteiger partial charge is 0.402 e. The Bertz CT molecular complexity index is 920. The van der Waals surface area contributed by atoms with Gasteiger partial charge >= 0.3 is 12.1 Å². The molecule has 1 aliphatic rings. The molecule has 0 bridgehead atoms. The van der Waals surface area contributed by atoms with Gasteiger partial charge in [-0.3, -0.25) is 0 Å². The summed E-state index contributed by atoms with van der Waals surface area (Å²) < 4.78 is 43.3. The predicted molar refractivity (Wildman–Crippen MR) is 88.5 cm³/mol. The summed E-state index contributed by atoms with van der Waals surface area (Å²) in [6, 6.07) is 9.08. The van der Waals surface area contributed by atoms with Gasteiger partial charge in [-0.2, -0.15) is 13.2 Å². The molecule has 0 saturated carbocycles. The SMILES string of the molecule is O=C1OC(c2ccc(Cl)cc2Cl)=N/C1=C\c1cccc(C(F)(F)F)c1. The van der Waals surface area contributed by atoms with Crippen LogP contribution in [0.15, 0.2) is 53.2 Å². The summed E-state index contributed by atoms with van der Waals surface area (Å²) in [5.41, 5.74) is -0.417. The third kappa shape index (κ3) is 3.86. The molecule has 0 unspecified atom stereocenters. The van der Waals surface area contributed by atoms with Crippen LogP contribution < -0.4 is 0 Å². The molecule has 0 radical (unpaired) electrons. The van der Waals surface area contributed by atoms with E-state index in [-0.39, 0.29) is 22.2 Å². The molecule has 0 fully saturated rings.